The highest BCUT2D eigenvalue weighted by Crippen LogP contribution is 2.51. The second-order valence-electron chi connectivity index (χ2n) is 12.6. The highest BCUT2D eigenvalue weighted by atomic mass is 16.3. The van der Waals surface area contributed by atoms with E-state index in [-0.39, 0.29) is 5.41 Å². The van der Waals surface area contributed by atoms with Gasteiger partial charge in [-0.25, -0.2) is 9.97 Å². The second-order valence-corrected chi connectivity index (χ2v) is 12.6. The molecule has 0 spiro atoms. The summed E-state index contributed by atoms with van der Waals surface area (Å²) in [5.41, 5.74) is 14.3. The summed E-state index contributed by atoms with van der Waals surface area (Å²) in [5.74, 6) is 0.717. The zero-order chi connectivity index (χ0) is 30.8. The van der Waals surface area contributed by atoms with Gasteiger partial charge in [0.2, 0.25) is 0 Å². The summed E-state index contributed by atoms with van der Waals surface area (Å²) in [5, 5.41) is 2.35. The Kier molecular flexibility index (Phi) is 5.85. The van der Waals surface area contributed by atoms with Gasteiger partial charge in [0.25, 0.3) is 0 Å². The molecule has 0 radical (unpaired) electrons. The van der Waals surface area contributed by atoms with Crippen molar-refractivity contribution in [2.24, 2.45) is 0 Å². The van der Waals surface area contributed by atoms with Crippen molar-refractivity contribution in [3.8, 4) is 56.2 Å². The fourth-order valence-electron chi connectivity index (χ4n) is 7.03. The fraction of sp³-hybridized carbons (Fsp3) is 0.0698. The molecule has 46 heavy (non-hydrogen) atoms. The van der Waals surface area contributed by atoms with Crippen molar-refractivity contribution in [3.63, 3.8) is 0 Å². The molecule has 1 aliphatic rings. The van der Waals surface area contributed by atoms with Crippen LogP contribution in [0.3, 0.4) is 0 Å². The second kappa shape index (κ2) is 10.1. The average Bonchev–Trinajstić information content (AvgIpc) is 3.59. The summed E-state index contributed by atoms with van der Waals surface area (Å²) >= 11 is 0. The minimum atomic E-state index is -0.132. The molecule has 0 fully saturated rings. The van der Waals surface area contributed by atoms with E-state index in [0.717, 1.165) is 39.2 Å². The summed E-state index contributed by atoms with van der Waals surface area (Å²) in [7, 11) is 0. The first-order chi connectivity index (χ1) is 22.5. The average molecular weight is 591 g/mol. The highest BCUT2D eigenvalue weighted by molar-refractivity contribution is 6.07. The molecular formula is C43H30N2O. The van der Waals surface area contributed by atoms with E-state index < -0.39 is 0 Å². The number of hydrogen-bond donors (Lipinski definition) is 0. The molecular weight excluding hydrogens is 560 g/mol. The van der Waals surface area contributed by atoms with Gasteiger partial charge < -0.3 is 4.42 Å². The van der Waals surface area contributed by atoms with Crippen LogP contribution in [0.15, 0.2) is 150 Å². The lowest BCUT2D eigenvalue weighted by Gasteiger charge is -2.22. The van der Waals surface area contributed by atoms with Crippen LogP contribution in [0.4, 0.5) is 0 Å². The lowest BCUT2D eigenvalue weighted by atomic mass is 9.81. The zero-order valence-corrected chi connectivity index (χ0v) is 25.7. The van der Waals surface area contributed by atoms with Gasteiger partial charge in [0.15, 0.2) is 5.82 Å². The van der Waals surface area contributed by atoms with Gasteiger partial charge in [-0.05, 0) is 63.7 Å². The van der Waals surface area contributed by atoms with Crippen LogP contribution in [-0.4, -0.2) is 9.97 Å². The molecule has 0 N–H and O–H groups in total. The van der Waals surface area contributed by atoms with E-state index in [0.29, 0.717) is 5.82 Å². The topological polar surface area (TPSA) is 38.9 Å². The number of hydrogen-bond acceptors (Lipinski definition) is 3. The molecule has 0 saturated heterocycles. The summed E-state index contributed by atoms with van der Waals surface area (Å²) in [6.45, 7) is 4.67. The van der Waals surface area contributed by atoms with Gasteiger partial charge in [0.05, 0.1) is 11.4 Å². The van der Waals surface area contributed by atoms with E-state index in [2.05, 4.69) is 111 Å². The molecule has 218 valence electrons. The molecule has 8 aromatic rings. The SMILES string of the molecule is CC1(C)c2cc(-c3ccc(-c4nc(-c5ccccc5)cc(-c5ccccc5)n4)cc3)ccc2-c2cc3oc4ccccc4c3cc21. The zero-order valence-electron chi connectivity index (χ0n) is 25.7. The van der Waals surface area contributed by atoms with Gasteiger partial charge in [0.1, 0.15) is 11.2 Å². The molecule has 3 nitrogen and oxygen atoms in total. The fourth-order valence-corrected chi connectivity index (χ4v) is 7.03. The van der Waals surface area contributed by atoms with Gasteiger partial charge >= 0.3 is 0 Å². The first-order valence-electron chi connectivity index (χ1n) is 15.7. The van der Waals surface area contributed by atoms with Gasteiger partial charge in [-0.15, -0.1) is 0 Å². The van der Waals surface area contributed by atoms with E-state index in [1.54, 1.807) is 0 Å². The number of benzene rings is 6. The van der Waals surface area contributed by atoms with E-state index in [9.17, 15) is 0 Å². The molecule has 0 atom stereocenters. The standard InChI is InChI=1S/C43H30N2O/c1-43(2)36-23-31(21-22-32(36)34-25-41-35(24-37(34)43)33-15-9-10-16-40(33)46-41)27-17-19-30(20-18-27)42-44-38(28-11-5-3-6-12-28)26-39(45-42)29-13-7-4-8-14-29/h3-26H,1-2H3. The van der Waals surface area contributed by atoms with Crippen LogP contribution >= 0.6 is 0 Å². The third kappa shape index (κ3) is 4.20. The maximum absolute atomic E-state index is 6.26. The number of fused-ring (bicyclic) bond motifs is 6. The summed E-state index contributed by atoms with van der Waals surface area (Å²) < 4.78 is 6.26. The van der Waals surface area contributed by atoms with Crippen LogP contribution in [0.5, 0.6) is 0 Å². The molecule has 6 aromatic carbocycles. The van der Waals surface area contributed by atoms with Crippen molar-refractivity contribution in [1.29, 1.82) is 0 Å². The number of rotatable bonds is 4. The quantitative estimate of drug-likeness (QED) is 0.205. The Morgan fingerprint density at radius 1 is 0.435 bits per heavy atom. The van der Waals surface area contributed by atoms with Crippen molar-refractivity contribution in [1.82, 2.24) is 9.97 Å². The molecule has 0 aliphatic heterocycles. The highest BCUT2D eigenvalue weighted by Gasteiger charge is 2.36. The molecule has 1 aliphatic carbocycles. The monoisotopic (exact) mass is 590 g/mol. The van der Waals surface area contributed by atoms with Crippen molar-refractivity contribution in [2.45, 2.75) is 19.3 Å². The third-order valence-corrected chi connectivity index (χ3v) is 9.51. The number of para-hydroxylation sites is 1. The number of nitrogens with zero attached hydrogens (tertiary/aromatic N) is 2. The first kappa shape index (κ1) is 26.6. The summed E-state index contributed by atoms with van der Waals surface area (Å²) in [6.07, 6.45) is 0. The van der Waals surface area contributed by atoms with Crippen molar-refractivity contribution >= 4 is 21.9 Å². The van der Waals surface area contributed by atoms with Crippen LogP contribution in [-0.2, 0) is 5.41 Å². The molecule has 2 heterocycles. The van der Waals surface area contributed by atoms with Crippen molar-refractivity contribution < 1.29 is 4.42 Å². The molecule has 0 bridgehead atoms. The Balaban J connectivity index is 1.09. The first-order valence-corrected chi connectivity index (χ1v) is 15.7. The molecule has 0 saturated carbocycles. The smallest absolute Gasteiger partial charge is 0.160 e. The predicted octanol–water partition coefficient (Wildman–Crippen LogP) is 11.4. The Labute approximate surface area is 267 Å². The van der Waals surface area contributed by atoms with Crippen LogP contribution in [0, 0.1) is 0 Å². The van der Waals surface area contributed by atoms with Gasteiger partial charge in [-0.1, -0.05) is 129 Å². The van der Waals surface area contributed by atoms with Gasteiger partial charge in [-0.3, -0.25) is 0 Å². The van der Waals surface area contributed by atoms with Crippen LogP contribution in [0.25, 0.3) is 78.1 Å². The van der Waals surface area contributed by atoms with Crippen LogP contribution in [0.2, 0.25) is 0 Å². The van der Waals surface area contributed by atoms with Crippen LogP contribution in [0.1, 0.15) is 25.0 Å². The Hall–Kier alpha value is -5.80. The van der Waals surface area contributed by atoms with E-state index in [4.69, 9.17) is 14.4 Å². The predicted molar refractivity (Wildman–Crippen MR) is 189 cm³/mol. The van der Waals surface area contributed by atoms with Gasteiger partial charge in [0, 0.05) is 32.9 Å². The van der Waals surface area contributed by atoms with Crippen LogP contribution < -0.4 is 0 Å². The molecule has 9 rings (SSSR count). The maximum Gasteiger partial charge on any atom is 0.160 e. The Morgan fingerprint density at radius 2 is 1.02 bits per heavy atom. The maximum atomic E-state index is 6.26. The third-order valence-electron chi connectivity index (χ3n) is 9.51. The Morgan fingerprint density at radius 3 is 1.72 bits per heavy atom. The number of aromatic nitrogens is 2. The lowest BCUT2D eigenvalue weighted by molar-refractivity contribution is 0.658. The molecule has 3 heteroatoms. The number of furan rings is 1. The van der Waals surface area contributed by atoms with E-state index >= 15 is 0 Å². The molecule has 0 amide bonds. The summed E-state index contributed by atoms with van der Waals surface area (Å²) in [4.78, 5) is 10.0. The molecule has 0 unspecified atom stereocenters. The minimum absolute atomic E-state index is 0.132. The largest absolute Gasteiger partial charge is 0.456 e. The van der Waals surface area contributed by atoms with E-state index in [1.165, 1.54) is 44.2 Å². The van der Waals surface area contributed by atoms with Crippen molar-refractivity contribution in [3.05, 3.63) is 157 Å². The van der Waals surface area contributed by atoms with Gasteiger partial charge in [-0.2, -0.15) is 0 Å². The lowest BCUT2D eigenvalue weighted by Crippen LogP contribution is -2.15. The minimum Gasteiger partial charge on any atom is -0.456 e. The van der Waals surface area contributed by atoms with E-state index in [1.807, 2.05) is 48.5 Å². The summed E-state index contributed by atoms with van der Waals surface area (Å²) in [6, 6.07) is 51.1. The Bertz CT molecular complexity index is 2360. The normalized spacial score (nSPS) is 13.2. The molecule has 2 aromatic heterocycles. The van der Waals surface area contributed by atoms with Crippen molar-refractivity contribution in [2.75, 3.05) is 0 Å².